The Hall–Kier alpha value is -5.07. The molecular formula is C37H30ClFN6O4S. The van der Waals surface area contributed by atoms with Crippen molar-refractivity contribution in [1.29, 1.82) is 0 Å². The number of anilines is 1. The number of halogens is 2. The molecule has 10 nitrogen and oxygen atoms in total. The molecule has 2 aromatic carbocycles. The van der Waals surface area contributed by atoms with Gasteiger partial charge in [0, 0.05) is 28.7 Å². The Morgan fingerprint density at radius 3 is 2.76 bits per heavy atom. The van der Waals surface area contributed by atoms with E-state index in [9.17, 15) is 14.0 Å². The lowest BCUT2D eigenvalue weighted by atomic mass is 9.93. The van der Waals surface area contributed by atoms with Crippen LogP contribution in [-0.2, 0) is 19.3 Å². The second-order valence-corrected chi connectivity index (χ2v) is 14.3. The number of hydrogen-bond donors (Lipinski definition) is 2. The lowest BCUT2D eigenvalue weighted by Gasteiger charge is -2.16. The van der Waals surface area contributed by atoms with E-state index in [-0.39, 0.29) is 29.7 Å². The highest BCUT2D eigenvalue weighted by molar-refractivity contribution is 7.23. The number of H-pyrrole nitrogens is 1. The van der Waals surface area contributed by atoms with E-state index >= 15 is 0 Å². The summed E-state index contributed by atoms with van der Waals surface area (Å²) in [7, 11) is 1.64. The molecule has 2 N–H and O–H groups in total. The minimum Gasteiger partial charge on any atom is -0.495 e. The number of aromatic amines is 1. The van der Waals surface area contributed by atoms with Crippen LogP contribution in [0, 0.1) is 5.82 Å². The third-order valence-electron chi connectivity index (χ3n) is 10.1. The summed E-state index contributed by atoms with van der Waals surface area (Å²) in [5.41, 5.74) is 6.22. The predicted molar refractivity (Wildman–Crippen MR) is 188 cm³/mol. The predicted octanol–water partition coefficient (Wildman–Crippen LogP) is 7.68. The molecule has 50 heavy (non-hydrogen) atoms. The summed E-state index contributed by atoms with van der Waals surface area (Å²) in [6.45, 7) is 0.653. The van der Waals surface area contributed by atoms with Gasteiger partial charge in [0.1, 0.15) is 17.4 Å². The van der Waals surface area contributed by atoms with E-state index in [1.54, 1.807) is 25.4 Å². The number of ether oxygens (including phenoxy) is 1. The van der Waals surface area contributed by atoms with Crippen molar-refractivity contribution in [2.75, 3.05) is 19.0 Å². The van der Waals surface area contributed by atoms with Crippen LogP contribution in [0.5, 0.6) is 5.75 Å². The molecule has 3 aliphatic rings. The smallest absolute Gasteiger partial charge is 0.434 e. The Bertz CT molecular complexity index is 2390. The van der Waals surface area contributed by atoms with Gasteiger partial charge in [-0.1, -0.05) is 29.8 Å². The normalized spacial score (nSPS) is 17.7. The number of hydrogen-bond acceptors (Lipinski definition) is 9. The molecular weight excluding hydrogens is 679 g/mol. The summed E-state index contributed by atoms with van der Waals surface area (Å²) >= 11 is 7.95. The zero-order valence-electron chi connectivity index (χ0n) is 26.9. The van der Waals surface area contributed by atoms with Gasteiger partial charge in [-0.05, 0) is 85.4 Å². The molecule has 1 fully saturated rings. The number of fused-ring (bicyclic) bond motifs is 5. The fraction of sp³-hybridized carbons (Fsp3) is 0.270. The number of aromatic nitrogens is 4. The molecule has 1 saturated heterocycles. The van der Waals surface area contributed by atoms with Crippen molar-refractivity contribution < 1.29 is 18.3 Å². The van der Waals surface area contributed by atoms with E-state index in [0.717, 1.165) is 68.8 Å². The topological polar surface area (TPSA) is 126 Å². The van der Waals surface area contributed by atoms with E-state index in [1.807, 2.05) is 23.1 Å². The van der Waals surface area contributed by atoms with Gasteiger partial charge in [-0.2, -0.15) is 0 Å². The Morgan fingerprint density at radius 1 is 1.10 bits per heavy atom. The van der Waals surface area contributed by atoms with Crippen LogP contribution in [0.1, 0.15) is 69.8 Å². The first kappa shape index (κ1) is 30.9. The first-order valence-electron chi connectivity index (χ1n) is 16.6. The van der Waals surface area contributed by atoms with E-state index in [1.165, 1.54) is 23.5 Å². The van der Waals surface area contributed by atoms with Gasteiger partial charge in [-0.3, -0.25) is 9.78 Å². The maximum absolute atomic E-state index is 14.2. The summed E-state index contributed by atoms with van der Waals surface area (Å²) in [4.78, 5) is 39.1. The Kier molecular flexibility index (Phi) is 7.47. The maximum Gasteiger partial charge on any atom is 0.434 e. The summed E-state index contributed by atoms with van der Waals surface area (Å²) in [6.07, 6.45) is 6.18. The average molecular weight is 709 g/mol. The number of nitrogens with one attached hydrogen (secondary N) is 2. The van der Waals surface area contributed by atoms with Crippen molar-refractivity contribution in [3.63, 3.8) is 0 Å². The molecule has 2 atom stereocenters. The molecule has 0 radical (unpaired) electrons. The minimum absolute atomic E-state index is 0.00528. The van der Waals surface area contributed by atoms with E-state index in [2.05, 4.69) is 21.6 Å². The van der Waals surface area contributed by atoms with Crippen molar-refractivity contribution in [2.45, 2.75) is 50.6 Å². The standard InChI is InChI=1S/C37H30ClFN6O4S/c1-48-32-22-10-13-24(21(22)9-11-23(32)38)42-34-33-19(14-15-40-34)17-27(50-33)29-28(35-43-44-37(47)49-35)25(12-6-18-4-7-20(39)8-5-18)41-31-26-3-2-16-45(26)36(46)30(29)31/h4-5,7-9,11,14-15,17,24,26H,2-3,6,10,12-13,16H2,1H3,(H,40,42)(H,44,47)/t24-,26+/m0/s1. The molecule has 13 heteroatoms. The maximum atomic E-state index is 14.2. The summed E-state index contributed by atoms with van der Waals surface area (Å²) in [5.74, 6) is 0.413. The fourth-order valence-electron chi connectivity index (χ4n) is 7.83. The molecule has 0 saturated carbocycles. The van der Waals surface area contributed by atoms with Crippen molar-refractivity contribution in [1.82, 2.24) is 25.1 Å². The van der Waals surface area contributed by atoms with Crippen LogP contribution in [0.15, 0.2) is 63.9 Å². The van der Waals surface area contributed by atoms with Gasteiger partial charge in [0.2, 0.25) is 0 Å². The summed E-state index contributed by atoms with van der Waals surface area (Å²) < 4.78 is 25.9. The number of amides is 1. The molecule has 4 aromatic heterocycles. The zero-order valence-corrected chi connectivity index (χ0v) is 28.5. The van der Waals surface area contributed by atoms with Gasteiger partial charge in [0.15, 0.2) is 0 Å². The zero-order chi connectivity index (χ0) is 34.1. The number of thiophene rings is 1. The Balaban J connectivity index is 1.20. The molecule has 1 amide bonds. The summed E-state index contributed by atoms with van der Waals surface area (Å²) in [5, 5.41) is 11.9. The highest BCUT2D eigenvalue weighted by atomic mass is 35.5. The number of rotatable bonds is 8. The monoisotopic (exact) mass is 708 g/mol. The van der Waals surface area contributed by atoms with E-state index in [4.69, 9.17) is 30.7 Å². The van der Waals surface area contributed by atoms with Crippen molar-refractivity contribution in [3.05, 3.63) is 110 Å². The second-order valence-electron chi connectivity index (χ2n) is 12.8. The third-order valence-corrected chi connectivity index (χ3v) is 11.5. The van der Waals surface area contributed by atoms with Crippen LogP contribution in [0.3, 0.4) is 0 Å². The SMILES string of the molecule is COc1c(Cl)ccc2c1CC[C@@H]2Nc1nccc2cc(-c3c4c(nc(CCc5ccc(F)cc5)c3-c3n[nH]c(=O)o3)[C@H]3CCCN3C4=O)sc12. The third kappa shape index (κ3) is 4.99. The van der Waals surface area contributed by atoms with Gasteiger partial charge in [-0.15, -0.1) is 16.4 Å². The van der Waals surface area contributed by atoms with Crippen LogP contribution in [0.2, 0.25) is 5.02 Å². The molecule has 9 rings (SSSR count). The number of methoxy groups -OCH3 is 1. The van der Waals surface area contributed by atoms with Crippen LogP contribution in [0.4, 0.5) is 10.2 Å². The van der Waals surface area contributed by atoms with Crippen LogP contribution in [0.25, 0.3) is 32.0 Å². The van der Waals surface area contributed by atoms with Gasteiger partial charge in [-0.25, -0.2) is 19.3 Å². The van der Waals surface area contributed by atoms with Crippen LogP contribution >= 0.6 is 22.9 Å². The lowest BCUT2D eigenvalue weighted by Crippen LogP contribution is -2.22. The molecule has 1 aliphatic carbocycles. The number of benzene rings is 2. The van der Waals surface area contributed by atoms with Crippen LogP contribution in [-0.4, -0.2) is 44.6 Å². The van der Waals surface area contributed by atoms with Crippen molar-refractivity contribution in [3.8, 4) is 27.6 Å². The molecule has 0 spiro atoms. The molecule has 2 aliphatic heterocycles. The lowest BCUT2D eigenvalue weighted by molar-refractivity contribution is 0.0776. The first-order chi connectivity index (χ1) is 24.4. The fourth-order valence-corrected chi connectivity index (χ4v) is 9.25. The van der Waals surface area contributed by atoms with Crippen LogP contribution < -0.4 is 15.8 Å². The molecule has 252 valence electrons. The number of nitrogens with zero attached hydrogens (tertiary/aromatic N) is 4. The number of carbonyl (C=O) groups excluding carboxylic acids is 1. The Labute approximate surface area is 294 Å². The minimum atomic E-state index is -0.704. The average Bonchev–Trinajstić information content (AvgIpc) is 3.96. The van der Waals surface area contributed by atoms with Gasteiger partial charge in [0.05, 0.1) is 51.4 Å². The molecule has 0 bridgehead atoms. The van der Waals surface area contributed by atoms with E-state index in [0.29, 0.717) is 52.5 Å². The highest BCUT2D eigenvalue weighted by Crippen LogP contribution is 2.51. The largest absolute Gasteiger partial charge is 0.495 e. The van der Waals surface area contributed by atoms with Gasteiger partial charge in [0.25, 0.3) is 11.8 Å². The van der Waals surface area contributed by atoms with Crippen molar-refractivity contribution >= 4 is 44.7 Å². The first-order valence-corrected chi connectivity index (χ1v) is 17.8. The van der Waals surface area contributed by atoms with Crippen molar-refractivity contribution in [2.24, 2.45) is 0 Å². The number of pyridine rings is 2. The molecule has 0 unspecified atom stereocenters. The quantitative estimate of drug-likeness (QED) is 0.165. The Morgan fingerprint density at radius 2 is 1.96 bits per heavy atom. The number of aryl methyl sites for hydroxylation is 2. The second kappa shape index (κ2) is 12.1. The molecule has 6 aromatic rings. The molecule has 6 heterocycles. The van der Waals surface area contributed by atoms with Gasteiger partial charge < -0.3 is 19.4 Å². The highest BCUT2D eigenvalue weighted by Gasteiger charge is 2.45. The summed E-state index contributed by atoms with van der Waals surface area (Å²) in [6, 6.07) is 14.2. The number of carbonyl (C=O) groups is 1. The van der Waals surface area contributed by atoms with E-state index < -0.39 is 5.76 Å². The van der Waals surface area contributed by atoms with Gasteiger partial charge >= 0.3 is 5.76 Å².